The lowest BCUT2D eigenvalue weighted by Gasteiger charge is -2.17. The maximum Gasteiger partial charge on any atom is 0.258 e. The molecule has 0 fully saturated rings. The van der Waals surface area contributed by atoms with E-state index in [1.807, 2.05) is 0 Å². The van der Waals surface area contributed by atoms with E-state index in [2.05, 4.69) is 5.32 Å². The van der Waals surface area contributed by atoms with Crippen LogP contribution >= 0.6 is 0 Å². The number of halogens is 2. The van der Waals surface area contributed by atoms with E-state index >= 15 is 0 Å². The number of hydrogen-bond donors (Lipinski definition) is 2. The number of nitrogens with one attached hydrogen (secondary N) is 1. The van der Waals surface area contributed by atoms with Gasteiger partial charge in [0.2, 0.25) is 0 Å². The van der Waals surface area contributed by atoms with Crippen LogP contribution in [0, 0.1) is 11.6 Å². The molecule has 132 valence electrons. The SMILES string of the molecule is C[C@H](NC(=O)c1c(O)cc(F)cc1F)c1ccc2c(c1)OCCCO2. The first-order valence-corrected chi connectivity index (χ1v) is 7.84. The summed E-state index contributed by atoms with van der Waals surface area (Å²) >= 11 is 0. The molecule has 25 heavy (non-hydrogen) atoms. The summed E-state index contributed by atoms with van der Waals surface area (Å²) in [6.45, 7) is 2.81. The van der Waals surface area contributed by atoms with Crippen LogP contribution < -0.4 is 14.8 Å². The fraction of sp³-hybridized carbons (Fsp3) is 0.278. The minimum atomic E-state index is -1.12. The molecule has 0 saturated carbocycles. The van der Waals surface area contributed by atoms with E-state index in [0.717, 1.165) is 12.0 Å². The number of phenols is 1. The molecule has 2 N–H and O–H groups in total. The van der Waals surface area contributed by atoms with Crippen molar-refractivity contribution in [1.82, 2.24) is 5.32 Å². The average Bonchev–Trinajstić information content (AvgIpc) is 2.78. The number of carbonyl (C=O) groups is 1. The van der Waals surface area contributed by atoms with Gasteiger partial charge in [0.25, 0.3) is 5.91 Å². The second-order valence-electron chi connectivity index (χ2n) is 5.73. The highest BCUT2D eigenvalue weighted by atomic mass is 19.1. The quantitative estimate of drug-likeness (QED) is 0.892. The highest BCUT2D eigenvalue weighted by Gasteiger charge is 2.21. The van der Waals surface area contributed by atoms with Crippen molar-refractivity contribution in [3.63, 3.8) is 0 Å². The van der Waals surface area contributed by atoms with Crippen LogP contribution in [0.1, 0.15) is 35.3 Å². The van der Waals surface area contributed by atoms with Gasteiger partial charge in [-0.25, -0.2) is 8.78 Å². The maximum absolute atomic E-state index is 13.8. The van der Waals surface area contributed by atoms with Gasteiger partial charge in [-0.1, -0.05) is 6.07 Å². The summed E-state index contributed by atoms with van der Waals surface area (Å²) in [5, 5.41) is 12.2. The summed E-state index contributed by atoms with van der Waals surface area (Å²) in [7, 11) is 0. The molecule has 7 heteroatoms. The third kappa shape index (κ3) is 3.65. The first-order valence-electron chi connectivity index (χ1n) is 7.84. The zero-order valence-electron chi connectivity index (χ0n) is 13.5. The number of amides is 1. The van der Waals surface area contributed by atoms with Gasteiger partial charge in [-0.05, 0) is 24.6 Å². The van der Waals surface area contributed by atoms with Crippen LogP contribution in [-0.2, 0) is 0 Å². The highest BCUT2D eigenvalue weighted by Crippen LogP contribution is 2.32. The van der Waals surface area contributed by atoms with E-state index in [4.69, 9.17) is 9.47 Å². The molecular formula is C18H17F2NO4. The molecule has 2 aromatic rings. The minimum absolute atomic E-state index is 0.492. The predicted octanol–water partition coefficient (Wildman–Crippen LogP) is 3.32. The standard InChI is InChI=1S/C18H17F2NO4/c1-10(11-3-4-15-16(7-11)25-6-2-5-24-15)21-18(23)17-13(20)8-12(19)9-14(17)22/h3-4,7-10,22H,2,5-6H2,1H3,(H,21,23)/t10-/m0/s1. The fourth-order valence-electron chi connectivity index (χ4n) is 2.59. The monoisotopic (exact) mass is 349 g/mol. The van der Waals surface area contributed by atoms with Crippen LogP contribution in [0.2, 0.25) is 0 Å². The average molecular weight is 349 g/mol. The zero-order chi connectivity index (χ0) is 18.0. The number of ether oxygens (including phenoxy) is 2. The molecule has 1 amide bonds. The molecule has 1 aliphatic heterocycles. The molecule has 0 radical (unpaired) electrons. The predicted molar refractivity (Wildman–Crippen MR) is 86.0 cm³/mol. The van der Waals surface area contributed by atoms with Crippen molar-refractivity contribution in [2.45, 2.75) is 19.4 Å². The van der Waals surface area contributed by atoms with E-state index < -0.39 is 34.9 Å². The Bertz CT molecular complexity index is 787. The molecule has 1 atom stereocenters. The van der Waals surface area contributed by atoms with Crippen molar-refractivity contribution in [2.75, 3.05) is 13.2 Å². The lowest BCUT2D eigenvalue weighted by Crippen LogP contribution is -2.27. The van der Waals surface area contributed by atoms with E-state index in [0.29, 0.717) is 36.8 Å². The number of hydrogen-bond acceptors (Lipinski definition) is 4. The lowest BCUT2D eigenvalue weighted by molar-refractivity contribution is 0.0932. The fourth-order valence-corrected chi connectivity index (χ4v) is 2.59. The summed E-state index contributed by atoms with van der Waals surface area (Å²) in [5.41, 5.74) is 0.127. The van der Waals surface area contributed by atoms with Gasteiger partial charge in [0.15, 0.2) is 11.5 Å². The van der Waals surface area contributed by atoms with E-state index in [9.17, 15) is 18.7 Å². The van der Waals surface area contributed by atoms with Crippen LogP contribution in [0.3, 0.4) is 0 Å². The summed E-state index contributed by atoms with van der Waals surface area (Å²) < 4.78 is 38.0. The van der Waals surface area contributed by atoms with Gasteiger partial charge in [-0.15, -0.1) is 0 Å². The Labute approximate surface area is 143 Å². The van der Waals surface area contributed by atoms with Crippen molar-refractivity contribution < 1.29 is 28.2 Å². The molecule has 1 heterocycles. The van der Waals surface area contributed by atoms with Crippen molar-refractivity contribution in [3.8, 4) is 17.2 Å². The topological polar surface area (TPSA) is 67.8 Å². The molecule has 5 nitrogen and oxygen atoms in total. The van der Waals surface area contributed by atoms with E-state index in [1.54, 1.807) is 25.1 Å². The zero-order valence-corrected chi connectivity index (χ0v) is 13.5. The molecule has 0 aliphatic carbocycles. The summed E-state index contributed by atoms with van der Waals surface area (Å²) in [6, 6.07) is 6.00. The molecule has 3 rings (SSSR count). The lowest BCUT2D eigenvalue weighted by atomic mass is 10.1. The summed E-state index contributed by atoms with van der Waals surface area (Å²) in [5.74, 6) is -2.47. The number of phenolic OH excluding ortho intramolecular Hbond substituents is 1. The Morgan fingerprint density at radius 3 is 2.60 bits per heavy atom. The van der Waals surface area contributed by atoms with Crippen LogP contribution in [0.4, 0.5) is 8.78 Å². The summed E-state index contributed by atoms with van der Waals surface area (Å²) in [4.78, 5) is 12.2. The molecule has 1 aliphatic rings. The first kappa shape index (κ1) is 17.0. The Morgan fingerprint density at radius 1 is 1.16 bits per heavy atom. The number of aromatic hydroxyl groups is 1. The minimum Gasteiger partial charge on any atom is -0.507 e. The van der Waals surface area contributed by atoms with Gasteiger partial charge >= 0.3 is 0 Å². The van der Waals surface area contributed by atoms with Crippen molar-refractivity contribution in [1.29, 1.82) is 0 Å². The number of rotatable bonds is 3. The highest BCUT2D eigenvalue weighted by molar-refractivity contribution is 5.97. The van der Waals surface area contributed by atoms with Gasteiger partial charge in [0, 0.05) is 18.6 Å². The molecule has 0 spiro atoms. The Morgan fingerprint density at radius 2 is 1.88 bits per heavy atom. The van der Waals surface area contributed by atoms with Gasteiger partial charge in [0.05, 0.1) is 19.3 Å². The van der Waals surface area contributed by atoms with Gasteiger partial charge < -0.3 is 19.9 Å². The van der Waals surface area contributed by atoms with Crippen LogP contribution in [0.15, 0.2) is 30.3 Å². The van der Waals surface area contributed by atoms with Crippen molar-refractivity contribution in [2.24, 2.45) is 0 Å². The molecule has 2 aromatic carbocycles. The first-order chi connectivity index (χ1) is 12.0. The van der Waals surface area contributed by atoms with Crippen molar-refractivity contribution in [3.05, 3.63) is 53.1 Å². The van der Waals surface area contributed by atoms with Gasteiger partial charge in [-0.3, -0.25) is 4.79 Å². The second kappa shape index (κ2) is 6.96. The molecule has 0 bridgehead atoms. The Hall–Kier alpha value is -2.83. The normalized spacial score (nSPS) is 14.5. The largest absolute Gasteiger partial charge is 0.507 e. The van der Waals surface area contributed by atoms with E-state index in [1.165, 1.54) is 0 Å². The second-order valence-corrected chi connectivity index (χ2v) is 5.73. The molecule has 0 saturated heterocycles. The van der Waals surface area contributed by atoms with Gasteiger partial charge in [-0.2, -0.15) is 0 Å². The third-order valence-electron chi connectivity index (χ3n) is 3.88. The number of carbonyl (C=O) groups excluding carboxylic acids is 1. The smallest absolute Gasteiger partial charge is 0.258 e. The Balaban J connectivity index is 1.79. The molecule has 0 unspecified atom stereocenters. The van der Waals surface area contributed by atoms with Crippen LogP contribution in [0.5, 0.6) is 17.2 Å². The van der Waals surface area contributed by atoms with Gasteiger partial charge in [0.1, 0.15) is 22.9 Å². The van der Waals surface area contributed by atoms with E-state index in [-0.39, 0.29) is 0 Å². The molecule has 0 aromatic heterocycles. The van der Waals surface area contributed by atoms with Crippen molar-refractivity contribution >= 4 is 5.91 Å². The maximum atomic E-state index is 13.8. The third-order valence-corrected chi connectivity index (χ3v) is 3.88. The number of fused-ring (bicyclic) bond motifs is 1. The molecular weight excluding hydrogens is 332 g/mol. The van der Waals surface area contributed by atoms with Crippen LogP contribution in [0.25, 0.3) is 0 Å². The number of benzene rings is 2. The Kier molecular flexibility index (Phi) is 4.74. The van der Waals surface area contributed by atoms with Crippen LogP contribution in [-0.4, -0.2) is 24.2 Å². The summed E-state index contributed by atoms with van der Waals surface area (Å²) in [6.07, 6.45) is 0.777.